The van der Waals surface area contributed by atoms with Gasteiger partial charge in [-0.05, 0) is 36.1 Å². The standard InChI is InChI=1S/C16H19NO3/c1-2-3-7-13-10-17(11-14(13)12-18)16(19)20-15-8-5-4-6-9-15/h4-6,8-11,18H,2-3,7,12H2,1H3. The monoisotopic (exact) mass is 273 g/mol. The van der Waals surface area contributed by atoms with E-state index in [-0.39, 0.29) is 6.61 Å². The average Bonchev–Trinajstić information content (AvgIpc) is 2.89. The third kappa shape index (κ3) is 3.48. The minimum atomic E-state index is -0.464. The number of nitrogens with zero attached hydrogens (tertiary/aromatic N) is 1. The van der Waals surface area contributed by atoms with E-state index in [4.69, 9.17) is 4.74 Å². The highest BCUT2D eigenvalue weighted by Gasteiger charge is 2.12. The Morgan fingerprint density at radius 1 is 1.20 bits per heavy atom. The largest absolute Gasteiger partial charge is 0.423 e. The van der Waals surface area contributed by atoms with Crippen molar-refractivity contribution in [3.63, 3.8) is 0 Å². The highest BCUT2D eigenvalue weighted by molar-refractivity contribution is 5.73. The number of carbonyl (C=O) groups excluding carboxylic acids is 1. The fourth-order valence-electron chi connectivity index (χ4n) is 2.02. The van der Waals surface area contributed by atoms with E-state index in [0.29, 0.717) is 5.75 Å². The van der Waals surface area contributed by atoms with E-state index in [1.807, 2.05) is 18.2 Å². The molecule has 4 nitrogen and oxygen atoms in total. The fraction of sp³-hybridized carbons (Fsp3) is 0.312. The normalized spacial score (nSPS) is 10.5. The number of benzene rings is 1. The van der Waals surface area contributed by atoms with Gasteiger partial charge in [-0.15, -0.1) is 0 Å². The minimum absolute atomic E-state index is 0.0648. The molecule has 0 saturated heterocycles. The molecule has 1 aromatic carbocycles. The number of carbonyl (C=O) groups is 1. The summed E-state index contributed by atoms with van der Waals surface area (Å²) in [5.74, 6) is 0.506. The highest BCUT2D eigenvalue weighted by Crippen LogP contribution is 2.16. The Balaban J connectivity index is 2.11. The zero-order valence-corrected chi connectivity index (χ0v) is 11.6. The van der Waals surface area contributed by atoms with Gasteiger partial charge in [-0.2, -0.15) is 0 Å². The van der Waals surface area contributed by atoms with Crippen LogP contribution in [0.4, 0.5) is 4.79 Å². The molecule has 106 valence electrons. The summed E-state index contributed by atoms with van der Waals surface area (Å²) in [6, 6.07) is 8.94. The second kappa shape index (κ2) is 6.91. The predicted octanol–water partition coefficient (Wildman–Crippen LogP) is 3.37. The lowest BCUT2D eigenvalue weighted by atomic mass is 10.1. The minimum Gasteiger partial charge on any atom is -0.410 e. The lowest BCUT2D eigenvalue weighted by molar-refractivity contribution is 0.202. The maximum absolute atomic E-state index is 12.0. The van der Waals surface area contributed by atoms with Gasteiger partial charge in [0.15, 0.2) is 0 Å². The second-order valence-electron chi connectivity index (χ2n) is 4.66. The molecule has 1 N–H and O–H groups in total. The number of aliphatic hydroxyl groups is 1. The molecule has 2 aromatic rings. The lowest BCUT2D eigenvalue weighted by Gasteiger charge is -2.03. The Kier molecular flexibility index (Phi) is 4.96. The molecule has 0 bridgehead atoms. The van der Waals surface area contributed by atoms with Gasteiger partial charge in [0.05, 0.1) is 6.61 Å². The van der Waals surface area contributed by atoms with Gasteiger partial charge >= 0.3 is 6.09 Å². The SMILES string of the molecule is CCCCc1cn(C(=O)Oc2ccccc2)cc1CO. The quantitative estimate of drug-likeness (QED) is 0.908. The molecule has 0 aliphatic heterocycles. The number of rotatable bonds is 5. The smallest absolute Gasteiger partial charge is 0.410 e. The number of hydrogen-bond acceptors (Lipinski definition) is 3. The van der Waals surface area contributed by atoms with Crippen LogP contribution in [0.2, 0.25) is 0 Å². The van der Waals surface area contributed by atoms with Crippen molar-refractivity contribution in [1.29, 1.82) is 0 Å². The third-order valence-corrected chi connectivity index (χ3v) is 3.13. The van der Waals surface area contributed by atoms with Gasteiger partial charge in [0.2, 0.25) is 0 Å². The van der Waals surface area contributed by atoms with Crippen LogP contribution in [0.5, 0.6) is 5.75 Å². The van der Waals surface area contributed by atoms with E-state index in [0.717, 1.165) is 30.4 Å². The van der Waals surface area contributed by atoms with Crippen LogP contribution < -0.4 is 4.74 Å². The summed E-state index contributed by atoms with van der Waals surface area (Å²) in [4.78, 5) is 12.0. The fourth-order valence-corrected chi connectivity index (χ4v) is 2.02. The average molecular weight is 273 g/mol. The summed E-state index contributed by atoms with van der Waals surface area (Å²) < 4.78 is 6.65. The third-order valence-electron chi connectivity index (χ3n) is 3.13. The molecule has 0 aliphatic rings. The molecule has 0 fully saturated rings. The molecule has 0 atom stereocenters. The van der Waals surface area contributed by atoms with Gasteiger partial charge in [0.1, 0.15) is 5.75 Å². The van der Waals surface area contributed by atoms with Crippen LogP contribution in [0.25, 0.3) is 0 Å². The van der Waals surface area contributed by atoms with Gasteiger partial charge in [0, 0.05) is 12.4 Å². The first-order valence-electron chi connectivity index (χ1n) is 6.82. The molecule has 1 aromatic heterocycles. The molecular formula is C16H19NO3. The number of hydrogen-bond donors (Lipinski definition) is 1. The number of para-hydroxylation sites is 1. The lowest BCUT2D eigenvalue weighted by Crippen LogP contribution is -2.14. The Morgan fingerprint density at radius 3 is 2.55 bits per heavy atom. The van der Waals surface area contributed by atoms with Gasteiger partial charge in [0.25, 0.3) is 0 Å². The first-order chi connectivity index (χ1) is 9.74. The topological polar surface area (TPSA) is 51.5 Å². The second-order valence-corrected chi connectivity index (χ2v) is 4.66. The van der Waals surface area contributed by atoms with E-state index in [1.54, 1.807) is 24.5 Å². The van der Waals surface area contributed by atoms with Gasteiger partial charge in [-0.3, -0.25) is 4.57 Å². The van der Waals surface area contributed by atoms with Crippen LogP contribution >= 0.6 is 0 Å². The van der Waals surface area contributed by atoms with Crippen LogP contribution in [0.3, 0.4) is 0 Å². The number of aryl methyl sites for hydroxylation is 1. The molecule has 2 rings (SSSR count). The molecule has 0 spiro atoms. The van der Waals surface area contributed by atoms with Crippen molar-refractivity contribution in [2.45, 2.75) is 32.8 Å². The molecule has 20 heavy (non-hydrogen) atoms. The summed E-state index contributed by atoms with van der Waals surface area (Å²) in [5.41, 5.74) is 1.78. The van der Waals surface area contributed by atoms with E-state index in [2.05, 4.69) is 6.92 Å². The van der Waals surface area contributed by atoms with E-state index >= 15 is 0 Å². The molecule has 4 heteroatoms. The van der Waals surface area contributed by atoms with Gasteiger partial charge < -0.3 is 9.84 Å². The number of ether oxygens (including phenoxy) is 1. The first kappa shape index (κ1) is 14.3. The van der Waals surface area contributed by atoms with E-state index in [1.165, 1.54) is 4.57 Å². The first-order valence-corrected chi connectivity index (χ1v) is 6.82. The summed E-state index contributed by atoms with van der Waals surface area (Å²) in [7, 11) is 0. The van der Waals surface area contributed by atoms with Crippen molar-refractivity contribution in [1.82, 2.24) is 4.57 Å². The van der Waals surface area contributed by atoms with Gasteiger partial charge in [-0.1, -0.05) is 31.5 Å². The van der Waals surface area contributed by atoms with Crippen molar-refractivity contribution in [3.05, 3.63) is 53.9 Å². The molecule has 1 heterocycles. The number of unbranched alkanes of at least 4 members (excludes halogenated alkanes) is 1. The van der Waals surface area contributed by atoms with Gasteiger partial charge in [-0.25, -0.2) is 4.79 Å². The molecule has 0 unspecified atom stereocenters. The molecular weight excluding hydrogens is 254 g/mol. The molecule has 0 amide bonds. The van der Waals surface area contributed by atoms with Crippen LogP contribution in [0, 0.1) is 0 Å². The summed E-state index contributed by atoms with van der Waals surface area (Å²) in [5, 5.41) is 9.34. The molecule has 0 radical (unpaired) electrons. The highest BCUT2D eigenvalue weighted by atomic mass is 16.6. The van der Waals surface area contributed by atoms with E-state index < -0.39 is 6.09 Å². The summed E-state index contributed by atoms with van der Waals surface area (Å²) >= 11 is 0. The Labute approximate surface area is 118 Å². The predicted molar refractivity (Wildman–Crippen MR) is 76.8 cm³/mol. The summed E-state index contributed by atoms with van der Waals surface area (Å²) in [6.07, 6.45) is 5.88. The van der Waals surface area contributed by atoms with Crippen LogP contribution in [-0.4, -0.2) is 15.8 Å². The Hall–Kier alpha value is -2.07. The Bertz CT molecular complexity index is 560. The van der Waals surface area contributed by atoms with Crippen LogP contribution in [0.1, 0.15) is 30.9 Å². The van der Waals surface area contributed by atoms with E-state index in [9.17, 15) is 9.90 Å². The maximum Gasteiger partial charge on any atom is 0.423 e. The zero-order valence-electron chi connectivity index (χ0n) is 11.6. The summed E-state index contributed by atoms with van der Waals surface area (Å²) in [6.45, 7) is 2.05. The molecule has 0 aliphatic carbocycles. The molecule has 0 saturated carbocycles. The maximum atomic E-state index is 12.0. The number of aliphatic hydroxyl groups excluding tert-OH is 1. The van der Waals surface area contributed by atoms with Crippen LogP contribution in [0.15, 0.2) is 42.7 Å². The van der Waals surface area contributed by atoms with Crippen molar-refractivity contribution < 1.29 is 14.6 Å². The zero-order chi connectivity index (χ0) is 14.4. The number of aromatic nitrogens is 1. The van der Waals surface area contributed by atoms with Crippen molar-refractivity contribution in [2.24, 2.45) is 0 Å². The van der Waals surface area contributed by atoms with Crippen molar-refractivity contribution in [2.75, 3.05) is 0 Å². The van der Waals surface area contributed by atoms with Crippen molar-refractivity contribution in [3.8, 4) is 5.75 Å². The van der Waals surface area contributed by atoms with Crippen molar-refractivity contribution >= 4 is 6.09 Å². The van der Waals surface area contributed by atoms with Crippen LogP contribution in [-0.2, 0) is 13.0 Å². The Morgan fingerprint density at radius 2 is 1.90 bits per heavy atom.